The van der Waals surface area contributed by atoms with Gasteiger partial charge in [-0.05, 0) is 57.5 Å². The van der Waals surface area contributed by atoms with Crippen LogP contribution in [0, 0.1) is 0 Å². The summed E-state index contributed by atoms with van der Waals surface area (Å²) >= 11 is 5.02. The van der Waals surface area contributed by atoms with E-state index in [0.717, 1.165) is 35.3 Å². The van der Waals surface area contributed by atoms with E-state index in [9.17, 15) is 4.79 Å². The van der Waals surface area contributed by atoms with Gasteiger partial charge in [0, 0.05) is 22.0 Å². The van der Waals surface area contributed by atoms with Crippen molar-refractivity contribution >= 4 is 46.0 Å². The Hall–Kier alpha value is -0.230. The van der Waals surface area contributed by atoms with E-state index < -0.39 is 4.75 Å². The van der Waals surface area contributed by atoms with Crippen LogP contribution in [0.15, 0.2) is 33.6 Å². The number of hydrogen-bond donors (Lipinski definition) is 2. The molecule has 0 aromatic heterocycles. The minimum atomic E-state index is -0.467. The van der Waals surface area contributed by atoms with Gasteiger partial charge >= 0.3 is 0 Å². The Morgan fingerprint density at radius 1 is 1.38 bits per heavy atom. The number of halogens is 2. The van der Waals surface area contributed by atoms with E-state index in [1.54, 1.807) is 11.8 Å². The molecule has 1 aromatic carbocycles. The third kappa shape index (κ3) is 5.81. The number of nitrogens with one attached hydrogen (secondary N) is 2. The lowest BCUT2D eigenvalue weighted by Gasteiger charge is -2.29. The monoisotopic (exact) mass is 392 g/mol. The molecule has 1 atom stereocenters. The minimum Gasteiger partial charge on any atom is -0.351 e. The van der Waals surface area contributed by atoms with Crippen LogP contribution in [0.2, 0.25) is 0 Å². The first kappa shape index (κ1) is 18.8. The fourth-order valence-electron chi connectivity index (χ4n) is 2.18. The first-order valence-corrected chi connectivity index (χ1v) is 8.54. The average Bonchev–Trinajstić information content (AvgIpc) is 2.42. The molecular weight excluding hydrogens is 372 g/mol. The highest BCUT2D eigenvalue weighted by Crippen LogP contribution is 2.33. The maximum atomic E-state index is 12.4. The molecule has 0 bridgehead atoms. The van der Waals surface area contributed by atoms with E-state index >= 15 is 0 Å². The van der Waals surface area contributed by atoms with Crippen molar-refractivity contribution in [3.63, 3.8) is 0 Å². The number of carbonyl (C=O) groups excluding carboxylic acids is 1. The summed E-state index contributed by atoms with van der Waals surface area (Å²) in [6, 6.07) is 8.33. The summed E-state index contributed by atoms with van der Waals surface area (Å²) in [5.41, 5.74) is 0. The first-order chi connectivity index (χ1) is 9.47. The third-order valence-corrected chi connectivity index (χ3v) is 5.10. The Labute approximate surface area is 145 Å². The summed E-state index contributed by atoms with van der Waals surface area (Å²) in [6.45, 7) is 5.89. The number of benzene rings is 1. The van der Waals surface area contributed by atoms with Gasteiger partial charge in [0.2, 0.25) is 5.91 Å². The highest BCUT2D eigenvalue weighted by atomic mass is 79.9. The molecule has 1 aliphatic heterocycles. The molecule has 2 N–H and O–H groups in total. The molecule has 118 valence electrons. The molecule has 0 spiro atoms. The largest absolute Gasteiger partial charge is 0.351 e. The van der Waals surface area contributed by atoms with Crippen LogP contribution in [0.4, 0.5) is 0 Å². The van der Waals surface area contributed by atoms with E-state index in [-0.39, 0.29) is 24.4 Å². The molecule has 0 saturated carbocycles. The number of piperidine rings is 1. The van der Waals surface area contributed by atoms with Crippen molar-refractivity contribution in [3.8, 4) is 0 Å². The van der Waals surface area contributed by atoms with Gasteiger partial charge in [0.05, 0.1) is 4.75 Å². The molecule has 1 aliphatic rings. The Morgan fingerprint density at radius 2 is 2.05 bits per heavy atom. The van der Waals surface area contributed by atoms with Crippen molar-refractivity contribution in [2.75, 3.05) is 13.1 Å². The molecular formula is C15H22BrClN2OS. The summed E-state index contributed by atoms with van der Waals surface area (Å²) in [4.78, 5) is 13.5. The second-order valence-electron chi connectivity index (χ2n) is 5.58. The number of carbonyl (C=O) groups is 1. The maximum Gasteiger partial charge on any atom is 0.236 e. The first-order valence-electron chi connectivity index (χ1n) is 6.94. The van der Waals surface area contributed by atoms with Crippen molar-refractivity contribution in [2.45, 2.75) is 42.4 Å². The number of hydrogen-bond acceptors (Lipinski definition) is 3. The van der Waals surface area contributed by atoms with Gasteiger partial charge in [0.25, 0.3) is 0 Å². The van der Waals surface area contributed by atoms with Gasteiger partial charge in [-0.15, -0.1) is 24.2 Å². The van der Waals surface area contributed by atoms with Gasteiger partial charge in [0.1, 0.15) is 0 Å². The standard InChI is InChI=1S/C15H21BrN2OS.ClH/c1-15(2,20-13-7-5-11(16)6-8-13)14(19)18-12-4-3-9-17-10-12;/h5-8,12,17H,3-4,9-10H2,1-2H3,(H,18,19);1H. The van der Waals surface area contributed by atoms with Gasteiger partial charge in [0.15, 0.2) is 0 Å². The van der Waals surface area contributed by atoms with Crippen LogP contribution in [0.25, 0.3) is 0 Å². The van der Waals surface area contributed by atoms with Gasteiger partial charge in [-0.1, -0.05) is 15.9 Å². The zero-order chi connectivity index (χ0) is 14.6. The highest BCUT2D eigenvalue weighted by molar-refractivity contribution is 9.10. The summed E-state index contributed by atoms with van der Waals surface area (Å²) < 4.78 is 0.586. The van der Waals surface area contributed by atoms with Gasteiger partial charge in [-0.25, -0.2) is 0 Å². The van der Waals surface area contributed by atoms with Gasteiger partial charge < -0.3 is 10.6 Å². The molecule has 1 heterocycles. The van der Waals surface area contributed by atoms with Crippen molar-refractivity contribution in [1.29, 1.82) is 0 Å². The Kier molecular flexibility index (Phi) is 7.54. The topological polar surface area (TPSA) is 41.1 Å². The van der Waals surface area contributed by atoms with E-state index in [0.29, 0.717) is 0 Å². The van der Waals surface area contributed by atoms with Crippen molar-refractivity contribution in [1.82, 2.24) is 10.6 Å². The molecule has 1 amide bonds. The number of amides is 1. The van der Waals surface area contributed by atoms with Crippen molar-refractivity contribution in [3.05, 3.63) is 28.7 Å². The summed E-state index contributed by atoms with van der Waals surface area (Å²) in [6.07, 6.45) is 2.20. The smallest absolute Gasteiger partial charge is 0.236 e. The molecule has 1 fully saturated rings. The third-order valence-electron chi connectivity index (χ3n) is 3.37. The Bertz CT molecular complexity index is 461. The quantitative estimate of drug-likeness (QED) is 0.768. The SMILES string of the molecule is CC(C)(Sc1ccc(Br)cc1)C(=O)NC1CCCNC1.Cl. The Balaban J connectivity index is 0.00000220. The lowest BCUT2D eigenvalue weighted by molar-refractivity contribution is -0.123. The van der Waals surface area contributed by atoms with E-state index in [2.05, 4.69) is 26.6 Å². The molecule has 3 nitrogen and oxygen atoms in total. The second-order valence-corrected chi connectivity index (χ2v) is 8.19. The lowest BCUT2D eigenvalue weighted by Crippen LogP contribution is -2.50. The second kappa shape index (κ2) is 8.42. The van der Waals surface area contributed by atoms with Crippen LogP contribution in [-0.4, -0.2) is 29.8 Å². The van der Waals surface area contributed by atoms with Gasteiger partial charge in [-0.2, -0.15) is 0 Å². The normalized spacial score (nSPS) is 18.7. The fraction of sp³-hybridized carbons (Fsp3) is 0.533. The molecule has 6 heteroatoms. The summed E-state index contributed by atoms with van der Waals surface area (Å²) in [5, 5.41) is 6.48. The minimum absolute atomic E-state index is 0. The lowest BCUT2D eigenvalue weighted by atomic mass is 10.1. The zero-order valence-electron chi connectivity index (χ0n) is 12.3. The van der Waals surface area contributed by atoms with Crippen molar-refractivity contribution in [2.24, 2.45) is 0 Å². The Morgan fingerprint density at radius 3 is 2.62 bits per heavy atom. The van der Waals surface area contributed by atoms with Crippen LogP contribution in [0.1, 0.15) is 26.7 Å². The zero-order valence-corrected chi connectivity index (χ0v) is 15.5. The van der Waals surface area contributed by atoms with Crippen LogP contribution in [0.3, 0.4) is 0 Å². The fourth-order valence-corrected chi connectivity index (χ4v) is 3.46. The molecule has 21 heavy (non-hydrogen) atoms. The van der Waals surface area contributed by atoms with Crippen LogP contribution in [0.5, 0.6) is 0 Å². The van der Waals surface area contributed by atoms with E-state index in [1.165, 1.54) is 0 Å². The van der Waals surface area contributed by atoms with Crippen LogP contribution >= 0.6 is 40.1 Å². The molecule has 2 rings (SSSR count). The summed E-state index contributed by atoms with van der Waals surface area (Å²) in [7, 11) is 0. The predicted octanol–water partition coefficient (Wildman–Crippen LogP) is 3.61. The van der Waals surface area contributed by atoms with E-state index in [4.69, 9.17) is 0 Å². The van der Waals surface area contributed by atoms with Crippen LogP contribution in [-0.2, 0) is 4.79 Å². The number of rotatable bonds is 4. The summed E-state index contributed by atoms with van der Waals surface area (Å²) in [5.74, 6) is 0.110. The van der Waals surface area contributed by atoms with Gasteiger partial charge in [-0.3, -0.25) is 4.79 Å². The number of thioether (sulfide) groups is 1. The molecule has 0 aliphatic carbocycles. The molecule has 1 unspecified atom stereocenters. The molecule has 1 saturated heterocycles. The van der Waals surface area contributed by atoms with Crippen LogP contribution < -0.4 is 10.6 Å². The average molecular weight is 394 g/mol. The van der Waals surface area contributed by atoms with Crippen molar-refractivity contribution < 1.29 is 4.79 Å². The predicted molar refractivity (Wildman–Crippen MR) is 95.4 cm³/mol. The maximum absolute atomic E-state index is 12.4. The highest BCUT2D eigenvalue weighted by Gasteiger charge is 2.30. The molecule has 0 radical (unpaired) electrons. The molecule has 1 aromatic rings. The van der Waals surface area contributed by atoms with E-state index in [1.807, 2.05) is 38.1 Å².